The van der Waals surface area contributed by atoms with Crippen molar-refractivity contribution in [3.05, 3.63) is 51.7 Å². The molecule has 3 aromatic rings. The molecule has 0 amide bonds. The Bertz CT molecular complexity index is 1160. The summed E-state index contributed by atoms with van der Waals surface area (Å²) in [6.45, 7) is 8.94. The van der Waals surface area contributed by atoms with Crippen LogP contribution in [-0.4, -0.2) is 56.7 Å². The fraction of sp³-hybridized carbons (Fsp3) is 0.522. The van der Waals surface area contributed by atoms with Gasteiger partial charge in [-0.15, -0.1) is 0 Å². The third-order valence-corrected chi connectivity index (χ3v) is 7.52. The van der Waals surface area contributed by atoms with E-state index in [1.165, 1.54) is 10.1 Å². The highest BCUT2D eigenvalue weighted by Crippen LogP contribution is 2.30. The van der Waals surface area contributed by atoms with E-state index >= 15 is 0 Å². The number of rotatable bonds is 4. The average Bonchev–Trinajstić information content (AvgIpc) is 3.19. The van der Waals surface area contributed by atoms with Gasteiger partial charge in [0.15, 0.2) is 0 Å². The fourth-order valence-electron chi connectivity index (χ4n) is 4.85. The van der Waals surface area contributed by atoms with Crippen molar-refractivity contribution in [2.24, 2.45) is 0 Å². The first-order valence-electron chi connectivity index (χ1n) is 11.1. The molecule has 0 spiro atoms. The number of piperazine rings is 1. The summed E-state index contributed by atoms with van der Waals surface area (Å²) in [7, 11) is 0. The molecule has 1 atom stereocenters. The van der Waals surface area contributed by atoms with Gasteiger partial charge in [-0.3, -0.25) is 14.3 Å². The van der Waals surface area contributed by atoms with Crippen LogP contribution in [-0.2, 0) is 18.6 Å². The Labute approximate surface area is 186 Å². The molecule has 31 heavy (non-hydrogen) atoms. The largest absolute Gasteiger partial charge is 0.382 e. The summed E-state index contributed by atoms with van der Waals surface area (Å²) in [5.41, 5.74) is 0.548. The van der Waals surface area contributed by atoms with E-state index in [9.17, 15) is 9.90 Å². The predicted molar refractivity (Wildman–Crippen MR) is 124 cm³/mol. The van der Waals surface area contributed by atoms with Crippen LogP contribution >= 0.6 is 11.5 Å². The van der Waals surface area contributed by atoms with E-state index in [-0.39, 0.29) is 5.56 Å². The van der Waals surface area contributed by atoms with Crippen molar-refractivity contribution in [2.75, 3.05) is 37.6 Å². The number of nitrogens with zero attached hydrogens (tertiary/aromatic N) is 5. The second-order valence-corrected chi connectivity index (χ2v) is 9.72. The summed E-state index contributed by atoms with van der Waals surface area (Å²) in [4.78, 5) is 22.5. The van der Waals surface area contributed by atoms with Gasteiger partial charge in [0.2, 0.25) is 0 Å². The van der Waals surface area contributed by atoms with Crippen molar-refractivity contribution in [3.63, 3.8) is 0 Å². The van der Waals surface area contributed by atoms with E-state index in [0.717, 1.165) is 56.2 Å². The second-order valence-electron chi connectivity index (χ2n) is 8.91. The lowest BCUT2D eigenvalue weighted by Crippen LogP contribution is -2.47. The van der Waals surface area contributed by atoms with Gasteiger partial charge in [0.1, 0.15) is 17.2 Å². The zero-order chi connectivity index (χ0) is 21.6. The first kappa shape index (κ1) is 20.6. The van der Waals surface area contributed by atoms with Crippen LogP contribution in [0.2, 0.25) is 0 Å². The van der Waals surface area contributed by atoms with Crippen molar-refractivity contribution >= 4 is 27.4 Å². The van der Waals surface area contributed by atoms with Gasteiger partial charge in [0, 0.05) is 55.9 Å². The van der Waals surface area contributed by atoms with Crippen LogP contribution in [0.15, 0.2) is 29.1 Å². The van der Waals surface area contributed by atoms with Crippen LogP contribution in [0.4, 0.5) is 5.82 Å². The molecule has 164 valence electrons. The molecular formula is C23H29N5O2S. The second kappa shape index (κ2) is 8.00. The summed E-state index contributed by atoms with van der Waals surface area (Å²) >= 11 is 1.56. The van der Waals surface area contributed by atoms with Crippen molar-refractivity contribution < 1.29 is 5.11 Å². The maximum Gasteiger partial charge on any atom is 0.257 e. The normalized spacial score (nSPS) is 22.1. The smallest absolute Gasteiger partial charge is 0.257 e. The summed E-state index contributed by atoms with van der Waals surface area (Å²) < 4.78 is 7.61. The van der Waals surface area contributed by atoms with Crippen LogP contribution in [0.3, 0.4) is 0 Å². The highest BCUT2D eigenvalue weighted by molar-refractivity contribution is 7.13. The number of anilines is 1. The van der Waals surface area contributed by atoms with Crippen LogP contribution in [0.5, 0.6) is 0 Å². The van der Waals surface area contributed by atoms with Gasteiger partial charge in [-0.2, -0.15) is 4.37 Å². The van der Waals surface area contributed by atoms with Crippen molar-refractivity contribution in [1.29, 1.82) is 0 Å². The molecule has 0 bridgehead atoms. The Morgan fingerprint density at radius 3 is 2.74 bits per heavy atom. The molecular weight excluding hydrogens is 410 g/mol. The number of aromatic nitrogens is 3. The van der Waals surface area contributed by atoms with Gasteiger partial charge in [0.25, 0.3) is 5.56 Å². The third-order valence-electron chi connectivity index (χ3n) is 6.70. The van der Waals surface area contributed by atoms with E-state index in [2.05, 4.69) is 43.4 Å². The lowest BCUT2D eigenvalue weighted by atomic mass is 9.94. The monoisotopic (exact) mass is 439 g/mol. The standard InChI is InChI=1S/C23H29N5O2S/c1-16-17(21(29)28-10-5-9-23(2,30)22(28)24-16)8-11-26-12-14-27(15-13-26)20-18-6-3-4-7-19(18)31-25-20/h3-4,6-7,30H,5,8-15H2,1-2H3. The zero-order valence-corrected chi connectivity index (χ0v) is 19.0. The van der Waals surface area contributed by atoms with Gasteiger partial charge in [-0.25, -0.2) is 4.98 Å². The molecule has 2 aromatic heterocycles. The lowest BCUT2D eigenvalue weighted by Gasteiger charge is -2.35. The minimum atomic E-state index is -1.02. The van der Waals surface area contributed by atoms with E-state index in [0.29, 0.717) is 25.2 Å². The molecule has 1 fully saturated rings. The molecule has 2 aliphatic heterocycles. The molecule has 7 nitrogen and oxygen atoms in total. The summed E-state index contributed by atoms with van der Waals surface area (Å²) in [5, 5.41) is 11.9. The van der Waals surface area contributed by atoms with Crippen molar-refractivity contribution in [3.8, 4) is 0 Å². The quantitative estimate of drug-likeness (QED) is 0.673. The van der Waals surface area contributed by atoms with Gasteiger partial charge >= 0.3 is 0 Å². The maximum absolute atomic E-state index is 13.1. The Hall–Kier alpha value is -2.29. The summed E-state index contributed by atoms with van der Waals surface area (Å²) in [6, 6.07) is 8.41. The zero-order valence-electron chi connectivity index (χ0n) is 18.2. The van der Waals surface area contributed by atoms with Gasteiger partial charge in [-0.05, 0) is 56.8 Å². The Balaban J connectivity index is 1.25. The lowest BCUT2D eigenvalue weighted by molar-refractivity contribution is 0.0170. The van der Waals surface area contributed by atoms with Crippen LogP contribution < -0.4 is 10.5 Å². The summed E-state index contributed by atoms with van der Waals surface area (Å²) in [5.74, 6) is 1.62. The fourth-order valence-corrected chi connectivity index (χ4v) is 5.65. The van der Waals surface area contributed by atoms with E-state index in [4.69, 9.17) is 0 Å². The van der Waals surface area contributed by atoms with E-state index in [1.54, 1.807) is 23.0 Å². The molecule has 8 heteroatoms. The predicted octanol–water partition coefficient (Wildman–Crippen LogP) is 2.53. The van der Waals surface area contributed by atoms with Gasteiger partial charge in [0.05, 0.1) is 4.70 Å². The number of benzene rings is 1. The molecule has 1 unspecified atom stereocenters. The summed E-state index contributed by atoms with van der Waals surface area (Å²) in [6.07, 6.45) is 2.15. The van der Waals surface area contributed by atoms with Crippen LogP contribution in [0.1, 0.15) is 36.8 Å². The number of hydrogen-bond acceptors (Lipinski definition) is 7. The first-order chi connectivity index (χ1) is 14.9. The van der Waals surface area contributed by atoms with E-state index < -0.39 is 5.60 Å². The SMILES string of the molecule is Cc1nc2n(c(=O)c1CCN1CCN(c3nsc4ccccc34)CC1)CCCC2(C)O. The molecule has 4 heterocycles. The first-order valence-corrected chi connectivity index (χ1v) is 11.9. The Morgan fingerprint density at radius 1 is 1.16 bits per heavy atom. The van der Waals surface area contributed by atoms with Crippen molar-refractivity contribution in [1.82, 2.24) is 18.8 Å². The Kier molecular flexibility index (Phi) is 5.32. The highest BCUT2D eigenvalue weighted by atomic mass is 32.1. The molecule has 1 saturated heterocycles. The Morgan fingerprint density at radius 2 is 1.94 bits per heavy atom. The van der Waals surface area contributed by atoms with Gasteiger partial charge in [-0.1, -0.05) is 12.1 Å². The van der Waals surface area contributed by atoms with Gasteiger partial charge < -0.3 is 10.0 Å². The minimum Gasteiger partial charge on any atom is -0.382 e. The van der Waals surface area contributed by atoms with Crippen molar-refractivity contribution in [2.45, 2.75) is 45.3 Å². The third kappa shape index (κ3) is 3.77. The molecule has 5 rings (SSSR count). The maximum atomic E-state index is 13.1. The molecule has 0 saturated carbocycles. The average molecular weight is 440 g/mol. The molecule has 0 radical (unpaired) electrons. The topological polar surface area (TPSA) is 74.5 Å². The molecule has 1 aromatic carbocycles. The van der Waals surface area contributed by atoms with Crippen LogP contribution in [0.25, 0.3) is 10.1 Å². The molecule has 2 aliphatic rings. The minimum absolute atomic E-state index is 0.0232. The number of hydrogen-bond donors (Lipinski definition) is 1. The molecule has 0 aliphatic carbocycles. The van der Waals surface area contributed by atoms with E-state index in [1.807, 2.05) is 6.92 Å². The highest BCUT2D eigenvalue weighted by Gasteiger charge is 2.33. The number of fused-ring (bicyclic) bond motifs is 2. The number of aryl methyl sites for hydroxylation is 1. The molecule has 1 N–H and O–H groups in total. The number of aliphatic hydroxyl groups is 1. The van der Waals surface area contributed by atoms with Crippen LogP contribution in [0, 0.1) is 6.92 Å².